The van der Waals surface area contributed by atoms with Crippen LogP contribution in [0, 0.1) is 0 Å². The van der Waals surface area contributed by atoms with E-state index in [1.54, 1.807) is 0 Å². The van der Waals surface area contributed by atoms with Crippen LogP contribution < -0.4 is 5.73 Å². The fourth-order valence-corrected chi connectivity index (χ4v) is 1.51. The maximum atomic E-state index is 5.99. The largest absolute Gasteiger partial charge is 0.332 e. The number of nitrogens with two attached hydrogens (primary N) is 1. The molecule has 0 bridgehead atoms. The van der Waals surface area contributed by atoms with E-state index in [4.69, 9.17) is 5.73 Å². The summed E-state index contributed by atoms with van der Waals surface area (Å²) in [6.45, 7) is 11.4. The molecule has 3 nitrogen and oxygen atoms in total. The second-order valence-electron chi connectivity index (χ2n) is 5.65. The molecule has 0 amide bonds. The highest BCUT2D eigenvalue weighted by atomic mass is 15.1. The first-order valence-corrected chi connectivity index (χ1v) is 5.00. The van der Waals surface area contributed by atoms with Gasteiger partial charge >= 0.3 is 0 Å². The predicted molar refractivity (Wildman–Crippen MR) is 59.2 cm³/mol. The van der Waals surface area contributed by atoms with E-state index in [9.17, 15) is 0 Å². The van der Waals surface area contributed by atoms with Crippen molar-refractivity contribution in [3.8, 4) is 0 Å². The smallest absolute Gasteiger partial charge is 0.0949 e. The maximum Gasteiger partial charge on any atom is 0.0949 e. The summed E-state index contributed by atoms with van der Waals surface area (Å²) in [7, 11) is 0. The maximum absolute atomic E-state index is 5.99. The van der Waals surface area contributed by atoms with Gasteiger partial charge in [-0.2, -0.15) is 0 Å². The van der Waals surface area contributed by atoms with Crippen molar-refractivity contribution in [2.45, 2.75) is 52.1 Å². The third-order valence-corrected chi connectivity index (χ3v) is 2.06. The summed E-state index contributed by atoms with van der Waals surface area (Å²) in [5.74, 6) is 0. The van der Waals surface area contributed by atoms with Crippen LogP contribution in [0.5, 0.6) is 0 Å². The first kappa shape index (κ1) is 11.2. The molecular formula is C11H21N3. The minimum absolute atomic E-state index is 0.127. The van der Waals surface area contributed by atoms with E-state index < -0.39 is 0 Å². The molecule has 80 valence electrons. The van der Waals surface area contributed by atoms with Crippen LogP contribution in [-0.4, -0.2) is 15.1 Å². The van der Waals surface area contributed by atoms with E-state index in [1.807, 2.05) is 26.4 Å². The molecule has 0 saturated heterocycles. The summed E-state index contributed by atoms with van der Waals surface area (Å²) >= 11 is 0. The van der Waals surface area contributed by atoms with Gasteiger partial charge in [-0.05, 0) is 13.8 Å². The van der Waals surface area contributed by atoms with Gasteiger partial charge in [-0.1, -0.05) is 20.8 Å². The number of hydrogen-bond acceptors (Lipinski definition) is 2. The second-order valence-corrected chi connectivity index (χ2v) is 5.65. The van der Waals surface area contributed by atoms with Gasteiger partial charge in [-0.3, -0.25) is 0 Å². The molecule has 1 rings (SSSR count). The van der Waals surface area contributed by atoms with Gasteiger partial charge in [0.05, 0.1) is 6.33 Å². The van der Waals surface area contributed by atoms with Crippen molar-refractivity contribution in [2.75, 3.05) is 0 Å². The quantitative estimate of drug-likeness (QED) is 0.783. The van der Waals surface area contributed by atoms with Crippen LogP contribution >= 0.6 is 0 Å². The Bertz CT molecular complexity index is 299. The summed E-state index contributed by atoms with van der Waals surface area (Å²) in [4.78, 5) is 4.18. The van der Waals surface area contributed by atoms with Gasteiger partial charge in [-0.25, -0.2) is 4.98 Å². The number of imidazole rings is 1. The Kier molecular flexibility index (Phi) is 2.72. The van der Waals surface area contributed by atoms with Gasteiger partial charge in [0, 0.05) is 29.4 Å². The van der Waals surface area contributed by atoms with Gasteiger partial charge < -0.3 is 10.3 Å². The van der Waals surface area contributed by atoms with Crippen LogP contribution in [0.3, 0.4) is 0 Å². The monoisotopic (exact) mass is 195 g/mol. The van der Waals surface area contributed by atoms with Crippen molar-refractivity contribution in [2.24, 2.45) is 5.73 Å². The molecule has 0 aliphatic heterocycles. The van der Waals surface area contributed by atoms with Crippen LogP contribution in [0.25, 0.3) is 0 Å². The summed E-state index contributed by atoms with van der Waals surface area (Å²) in [6.07, 6.45) is 3.78. The SMILES string of the molecule is CC(C)(N)Cn1cncc1C(C)(C)C. The van der Waals surface area contributed by atoms with Crippen LogP contribution in [0.4, 0.5) is 0 Å². The first-order valence-electron chi connectivity index (χ1n) is 5.00. The summed E-state index contributed by atoms with van der Waals surface area (Å²) < 4.78 is 2.14. The lowest BCUT2D eigenvalue weighted by atomic mass is 9.92. The molecule has 0 aliphatic carbocycles. The first-order chi connectivity index (χ1) is 6.20. The Morgan fingerprint density at radius 2 is 1.86 bits per heavy atom. The molecule has 0 aromatic carbocycles. The number of aromatic nitrogens is 2. The van der Waals surface area contributed by atoms with Crippen molar-refractivity contribution in [3.63, 3.8) is 0 Å². The molecule has 0 aliphatic rings. The summed E-state index contributed by atoms with van der Waals surface area (Å²) in [5.41, 5.74) is 7.16. The minimum atomic E-state index is -0.194. The molecule has 1 aromatic rings. The van der Waals surface area contributed by atoms with Crippen molar-refractivity contribution in [1.82, 2.24) is 9.55 Å². The van der Waals surface area contributed by atoms with Crippen molar-refractivity contribution in [3.05, 3.63) is 18.2 Å². The van der Waals surface area contributed by atoms with Crippen LogP contribution in [0.2, 0.25) is 0 Å². The Morgan fingerprint density at radius 3 is 2.29 bits per heavy atom. The molecule has 0 spiro atoms. The normalized spacial score (nSPS) is 13.3. The second kappa shape index (κ2) is 3.39. The number of nitrogens with zero attached hydrogens (tertiary/aromatic N) is 2. The Morgan fingerprint density at radius 1 is 1.29 bits per heavy atom. The molecule has 0 radical (unpaired) electrons. The molecule has 1 aromatic heterocycles. The Labute approximate surface area is 86.3 Å². The van der Waals surface area contributed by atoms with Gasteiger partial charge in [0.1, 0.15) is 0 Å². The zero-order valence-corrected chi connectivity index (χ0v) is 9.83. The summed E-state index contributed by atoms with van der Waals surface area (Å²) in [6, 6.07) is 0. The molecule has 0 unspecified atom stereocenters. The van der Waals surface area contributed by atoms with Crippen LogP contribution in [0.15, 0.2) is 12.5 Å². The fourth-order valence-electron chi connectivity index (χ4n) is 1.51. The lowest BCUT2D eigenvalue weighted by Gasteiger charge is -2.25. The van der Waals surface area contributed by atoms with Gasteiger partial charge in [-0.15, -0.1) is 0 Å². The van der Waals surface area contributed by atoms with E-state index in [2.05, 4.69) is 30.3 Å². The third-order valence-electron chi connectivity index (χ3n) is 2.06. The molecule has 0 atom stereocenters. The van der Waals surface area contributed by atoms with E-state index >= 15 is 0 Å². The highest BCUT2D eigenvalue weighted by molar-refractivity contribution is 5.11. The van der Waals surface area contributed by atoms with E-state index in [1.165, 1.54) is 5.69 Å². The Hall–Kier alpha value is -0.830. The summed E-state index contributed by atoms with van der Waals surface area (Å²) in [5, 5.41) is 0. The topological polar surface area (TPSA) is 43.8 Å². The minimum Gasteiger partial charge on any atom is -0.332 e. The molecule has 0 saturated carbocycles. The zero-order chi connectivity index (χ0) is 11.0. The lowest BCUT2D eigenvalue weighted by Crippen LogP contribution is -2.38. The van der Waals surface area contributed by atoms with Gasteiger partial charge in [0.2, 0.25) is 0 Å². The molecule has 3 heteroatoms. The number of hydrogen-bond donors (Lipinski definition) is 1. The van der Waals surface area contributed by atoms with Crippen molar-refractivity contribution < 1.29 is 0 Å². The average molecular weight is 195 g/mol. The lowest BCUT2D eigenvalue weighted by molar-refractivity contribution is 0.406. The van der Waals surface area contributed by atoms with E-state index in [0.717, 1.165) is 6.54 Å². The van der Waals surface area contributed by atoms with E-state index in [-0.39, 0.29) is 11.0 Å². The molecule has 1 heterocycles. The average Bonchev–Trinajstić information content (AvgIpc) is 2.29. The zero-order valence-electron chi connectivity index (χ0n) is 9.83. The standard InChI is InChI=1S/C11H21N3/c1-10(2,3)9-6-13-8-14(9)7-11(4,5)12/h6,8H,7,12H2,1-5H3. The van der Waals surface area contributed by atoms with Gasteiger partial charge in [0.25, 0.3) is 0 Å². The van der Waals surface area contributed by atoms with Crippen molar-refractivity contribution >= 4 is 0 Å². The fraction of sp³-hybridized carbons (Fsp3) is 0.727. The number of rotatable bonds is 2. The third kappa shape index (κ3) is 2.84. The predicted octanol–water partition coefficient (Wildman–Crippen LogP) is 1.92. The molecular weight excluding hydrogens is 174 g/mol. The molecule has 0 fully saturated rings. The van der Waals surface area contributed by atoms with Gasteiger partial charge in [0.15, 0.2) is 0 Å². The van der Waals surface area contributed by atoms with Crippen molar-refractivity contribution in [1.29, 1.82) is 0 Å². The van der Waals surface area contributed by atoms with Crippen LogP contribution in [-0.2, 0) is 12.0 Å². The molecule has 2 N–H and O–H groups in total. The van der Waals surface area contributed by atoms with E-state index in [0.29, 0.717) is 0 Å². The molecule has 14 heavy (non-hydrogen) atoms. The van der Waals surface area contributed by atoms with Crippen LogP contribution in [0.1, 0.15) is 40.3 Å². The highest BCUT2D eigenvalue weighted by Gasteiger charge is 2.21. The highest BCUT2D eigenvalue weighted by Crippen LogP contribution is 2.22. The Balaban J connectivity index is 2.95.